The average molecular weight is 282 g/mol. The second-order valence-electron chi connectivity index (χ2n) is 4.69. The number of benzene rings is 2. The third-order valence-corrected chi connectivity index (χ3v) is 3.18. The first-order chi connectivity index (χ1) is 10.2. The molecular weight excluding hydrogens is 264 g/mol. The summed E-state index contributed by atoms with van der Waals surface area (Å²) < 4.78 is 0. The van der Waals surface area contributed by atoms with E-state index in [1.54, 1.807) is 7.05 Å². The van der Waals surface area contributed by atoms with Crippen LogP contribution in [0.3, 0.4) is 0 Å². The first-order valence-corrected chi connectivity index (χ1v) is 6.84. The van der Waals surface area contributed by atoms with E-state index in [1.807, 2.05) is 42.5 Å². The Bertz CT molecular complexity index is 621. The van der Waals surface area contributed by atoms with Crippen molar-refractivity contribution >= 4 is 18.0 Å². The van der Waals surface area contributed by atoms with Gasteiger partial charge in [0.1, 0.15) is 6.29 Å². The van der Waals surface area contributed by atoms with Crippen molar-refractivity contribution in [3.05, 3.63) is 54.1 Å². The van der Waals surface area contributed by atoms with Crippen molar-refractivity contribution in [3.63, 3.8) is 0 Å². The quantitative estimate of drug-likeness (QED) is 0.827. The average Bonchev–Trinajstić information content (AvgIpc) is 2.53. The number of hydrogen-bond donors (Lipinski definition) is 2. The number of rotatable bonds is 5. The fourth-order valence-electron chi connectivity index (χ4n) is 2.07. The van der Waals surface area contributed by atoms with Crippen molar-refractivity contribution < 1.29 is 9.59 Å². The highest BCUT2D eigenvalue weighted by Gasteiger charge is 2.02. The fourth-order valence-corrected chi connectivity index (χ4v) is 2.07. The summed E-state index contributed by atoms with van der Waals surface area (Å²) in [7, 11) is 1.58. The Kier molecular flexibility index (Phi) is 5.10. The number of nitrogens with one attached hydrogen (secondary N) is 2. The zero-order valence-corrected chi connectivity index (χ0v) is 11.9. The van der Waals surface area contributed by atoms with Crippen molar-refractivity contribution in [2.75, 3.05) is 12.4 Å². The van der Waals surface area contributed by atoms with Gasteiger partial charge in [0.05, 0.1) is 0 Å². The number of carbonyl (C=O) groups excluding carboxylic acids is 2. The van der Waals surface area contributed by atoms with Gasteiger partial charge in [-0.15, -0.1) is 0 Å². The lowest BCUT2D eigenvalue weighted by Gasteiger charge is -2.07. The minimum absolute atomic E-state index is 0.237. The standard InChI is InChI=1S/C17H18N2O2/c1-18-17(21)19-16-9-7-14(8-10-16)15-6-2-4-13(12-15)5-3-11-20/h2,4,6-12H,3,5H2,1H3,(H2,18,19,21). The van der Waals surface area contributed by atoms with E-state index in [2.05, 4.69) is 16.7 Å². The number of aldehydes is 1. The van der Waals surface area contributed by atoms with Gasteiger partial charge in [-0.1, -0.05) is 36.4 Å². The Hall–Kier alpha value is -2.62. The summed E-state index contributed by atoms with van der Waals surface area (Å²) in [5, 5.41) is 5.23. The van der Waals surface area contributed by atoms with Gasteiger partial charge < -0.3 is 15.4 Å². The van der Waals surface area contributed by atoms with Crippen LogP contribution in [0.5, 0.6) is 0 Å². The van der Waals surface area contributed by atoms with Gasteiger partial charge in [0.25, 0.3) is 0 Å². The molecule has 2 rings (SSSR count). The summed E-state index contributed by atoms with van der Waals surface area (Å²) in [5.41, 5.74) is 4.07. The molecule has 2 aromatic rings. The molecule has 0 spiro atoms. The molecule has 0 bridgehead atoms. The lowest BCUT2D eigenvalue weighted by molar-refractivity contribution is -0.107. The van der Waals surface area contributed by atoms with E-state index in [-0.39, 0.29) is 6.03 Å². The fraction of sp³-hybridized carbons (Fsp3) is 0.176. The highest BCUT2D eigenvalue weighted by molar-refractivity contribution is 5.89. The lowest BCUT2D eigenvalue weighted by atomic mass is 10.0. The van der Waals surface area contributed by atoms with E-state index >= 15 is 0 Å². The molecule has 0 heterocycles. The monoisotopic (exact) mass is 282 g/mol. The molecule has 0 radical (unpaired) electrons. The summed E-state index contributed by atoms with van der Waals surface area (Å²) in [6, 6.07) is 15.6. The molecule has 0 saturated heterocycles. The summed E-state index contributed by atoms with van der Waals surface area (Å²) >= 11 is 0. The van der Waals surface area contributed by atoms with Crippen LogP contribution < -0.4 is 10.6 Å². The van der Waals surface area contributed by atoms with Crippen LogP contribution >= 0.6 is 0 Å². The number of hydrogen-bond acceptors (Lipinski definition) is 2. The Morgan fingerprint density at radius 2 is 1.86 bits per heavy atom. The van der Waals surface area contributed by atoms with Crippen LogP contribution in [0.4, 0.5) is 10.5 Å². The van der Waals surface area contributed by atoms with Gasteiger partial charge in [-0.3, -0.25) is 0 Å². The van der Waals surface area contributed by atoms with Gasteiger partial charge >= 0.3 is 6.03 Å². The minimum atomic E-state index is -0.237. The Balaban J connectivity index is 2.14. The third kappa shape index (κ3) is 4.18. The summed E-state index contributed by atoms with van der Waals surface area (Å²) in [4.78, 5) is 21.7. The predicted octanol–water partition coefficient (Wildman–Crippen LogP) is 3.24. The second-order valence-corrected chi connectivity index (χ2v) is 4.69. The number of urea groups is 1. The predicted molar refractivity (Wildman–Crippen MR) is 84.3 cm³/mol. The van der Waals surface area contributed by atoms with Crippen LogP contribution in [-0.2, 0) is 11.2 Å². The van der Waals surface area contributed by atoms with E-state index in [9.17, 15) is 9.59 Å². The van der Waals surface area contributed by atoms with Crippen LogP contribution in [0.15, 0.2) is 48.5 Å². The third-order valence-electron chi connectivity index (χ3n) is 3.18. The van der Waals surface area contributed by atoms with Gasteiger partial charge in [0.15, 0.2) is 0 Å². The number of amides is 2. The molecule has 0 unspecified atom stereocenters. The van der Waals surface area contributed by atoms with Crippen molar-refractivity contribution in [2.45, 2.75) is 12.8 Å². The van der Waals surface area contributed by atoms with Crippen molar-refractivity contribution in [1.82, 2.24) is 5.32 Å². The Morgan fingerprint density at radius 3 is 2.52 bits per heavy atom. The highest BCUT2D eigenvalue weighted by Crippen LogP contribution is 2.22. The Labute approximate surface area is 124 Å². The largest absolute Gasteiger partial charge is 0.341 e. The molecule has 4 nitrogen and oxygen atoms in total. The highest BCUT2D eigenvalue weighted by atomic mass is 16.2. The normalized spacial score (nSPS) is 9.95. The second kappa shape index (κ2) is 7.24. The maximum Gasteiger partial charge on any atom is 0.318 e. The Morgan fingerprint density at radius 1 is 1.10 bits per heavy atom. The van der Waals surface area contributed by atoms with E-state index in [0.29, 0.717) is 6.42 Å². The smallest absolute Gasteiger partial charge is 0.318 e. The maximum atomic E-state index is 11.2. The van der Waals surface area contributed by atoms with E-state index in [0.717, 1.165) is 35.1 Å². The van der Waals surface area contributed by atoms with Crippen LogP contribution in [0, 0.1) is 0 Å². The van der Waals surface area contributed by atoms with Crippen LogP contribution in [0.1, 0.15) is 12.0 Å². The number of carbonyl (C=O) groups is 2. The van der Waals surface area contributed by atoms with Crippen LogP contribution in [-0.4, -0.2) is 19.4 Å². The van der Waals surface area contributed by atoms with Crippen LogP contribution in [0.25, 0.3) is 11.1 Å². The molecule has 2 aromatic carbocycles. The number of aryl methyl sites for hydroxylation is 1. The molecule has 0 saturated carbocycles. The molecule has 21 heavy (non-hydrogen) atoms. The van der Waals surface area contributed by atoms with Gasteiger partial charge in [-0.2, -0.15) is 0 Å². The molecule has 0 aromatic heterocycles. The maximum absolute atomic E-state index is 11.2. The first-order valence-electron chi connectivity index (χ1n) is 6.84. The van der Waals surface area contributed by atoms with Crippen LogP contribution in [0.2, 0.25) is 0 Å². The molecule has 0 atom stereocenters. The lowest BCUT2D eigenvalue weighted by Crippen LogP contribution is -2.24. The molecular formula is C17H18N2O2. The van der Waals surface area contributed by atoms with E-state index < -0.39 is 0 Å². The zero-order chi connectivity index (χ0) is 15.1. The van der Waals surface area contributed by atoms with E-state index in [4.69, 9.17) is 0 Å². The summed E-state index contributed by atoms with van der Waals surface area (Å²) in [5.74, 6) is 0. The summed E-state index contributed by atoms with van der Waals surface area (Å²) in [6.45, 7) is 0. The van der Waals surface area contributed by atoms with Gasteiger partial charge in [0, 0.05) is 19.2 Å². The number of anilines is 1. The molecule has 2 N–H and O–H groups in total. The SMILES string of the molecule is CNC(=O)Nc1ccc(-c2cccc(CCC=O)c2)cc1. The molecule has 2 amide bonds. The van der Waals surface area contributed by atoms with Crippen molar-refractivity contribution in [2.24, 2.45) is 0 Å². The topological polar surface area (TPSA) is 58.2 Å². The molecule has 4 heteroatoms. The van der Waals surface area contributed by atoms with Crippen molar-refractivity contribution in [3.8, 4) is 11.1 Å². The van der Waals surface area contributed by atoms with Crippen molar-refractivity contribution in [1.29, 1.82) is 0 Å². The van der Waals surface area contributed by atoms with Gasteiger partial charge in [-0.05, 0) is 35.2 Å². The molecule has 0 aliphatic rings. The van der Waals surface area contributed by atoms with E-state index in [1.165, 1.54) is 0 Å². The van der Waals surface area contributed by atoms with Gasteiger partial charge in [-0.25, -0.2) is 4.79 Å². The zero-order valence-electron chi connectivity index (χ0n) is 11.9. The molecule has 108 valence electrons. The minimum Gasteiger partial charge on any atom is -0.341 e. The first kappa shape index (κ1) is 14.8. The molecule has 0 aliphatic carbocycles. The van der Waals surface area contributed by atoms with Gasteiger partial charge in [0.2, 0.25) is 0 Å². The summed E-state index contributed by atoms with van der Waals surface area (Å²) in [6.07, 6.45) is 2.23. The molecule has 0 aliphatic heterocycles. The molecule has 0 fully saturated rings.